The Balaban J connectivity index is 0.000000220. The summed E-state index contributed by atoms with van der Waals surface area (Å²) in [6.45, 7) is 21.8. The highest BCUT2D eigenvalue weighted by Crippen LogP contribution is 2.23. The molecular formula is C52H54F3N3O9. The molecule has 0 aliphatic carbocycles. The summed E-state index contributed by atoms with van der Waals surface area (Å²) in [6.07, 6.45) is 2.87. The number of hydrogen-bond acceptors (Lipinski definition) is 8. The van der Waals surface area contributed by atoms with Crippen LogP contribution in [0.2, 0.25) is 0 Å². The number of ether oxygens (including phenoxy) is 2. The van der Waals surface area contributed by atoms with Crippen LogP contribution in [0.4, 0.5) is 13.2 Å². The van der Waals surface area contributed by atoms with Gasteiger partial charge in [-0.15, -0.1) is 0 Å². The molecule has 0 saturated carbocycles. The van der Waals surface area contributed by atoms with Gasteiger partial charge in [-0.2, -0.15) is 0 Å². The molecule has 0 aliphatic heterocycles. The first-order valence-corrected chi connectivity index (χ1v) is 21.5. The fourth-order valence-corrected chi connectivity index (χ4v) is 8.10. The Hall–Kier alpha value is -7.55. The standard InChI is InChI=1S/C18H20FNO3.C18H18FNO3.C16H16FNO3/c2*1-5-15-11(3)16(18(22)23-6-2)17(21)20(12(15)4)14-9-7-13(19)8-10-14;1-4-13-9(2)14(16(20)21)15(19)18(10(13)3)12-7-5-11(17)6-8-12/h7-10H,5-6H2,1-4H3;5,7-10H,1,6H2,2-4H3;5-8H,4H2,1-3H3,(H,20,21). The first-order chi connectivity index (χ1) is 31.7. The molecule has 0 bridgehead atoms. The molecule has 12 nitrogen and oxygen atoms in total. The molecule has 0 radical (unpaired) electrons. The monoisotopic (exact) mass is 921 g/mol. The summed E-state index contributed by atoms with van der Waals surface area (Å²) < 4.78 is 53.5. The third-order valence-corrected chi connectivity index (χ3v) is 11.3. The van der Waals surface area contributed by atoms with Crippen LogP contribution in [0, 0.1) is 59.0 Å². The molecule has 1 N–H and O–H groups in total. The van der Waals surface area contributed by atoms with Crippen LogP contribution in [0.25, 0.3) is 23.1 Å². The molecule has 6 aromatic rings. The van der Waals surface area contributed by atoms with Gasteiger partial charge in [0.1, 0.15) is 34.1 Å². The number of carbonyl (C=O) groups excluding carboxylic acids is 2. The quantitative estimate of drug-likeness (QED) is 0.125. The Morgan fingerprint density at radius 3 is 1.12 bits per heavy atom. The Kier molecular flexibility index (Phi) is 17.5. The van der Waals surface area contributed by atoms with Gasteiger partial charge in [0.25, 0.3) is 16.7 Å². The van der Waals surface area contributed by atoms with E-state index in [0.717, 1.165) is 16.8 Å². The molecule has 0 saturated heterocycles. The number of pyridine rings is 3. The molecule has 67 heavy (non-hydrogen) atoms. The Morgan fingerprint density at radius 2 is 0.821 bits per heavy atom. The maximum atomic E-state index is 13.2. The lowest BCUT2D eigenvalue weighted by Gasteiger charge is -2.18. The number of benzene rings is 3. The van der Waals surface area contributed by atoms with Crippen LogP contribution in [0.5, 0.6) is 0 Å². The largest absolute Gasteiger partial charge is 0.477 e. The van der Waals surface area contributed by atoms with Crippen molar-refractivity contribution in [1.29, 1.82) is 0 Å². The number of carboxylic acid groups (broad SMARTS) is 1. The molecule has 3 heterocycles. The first-order valence-electron chi connectivity index (χ1n) is 21.5. The molecular weight excluding hydrogens is 868 g/mol. The summed E-state index contributed by atoms with van der Waals surface area (Å²) in [5.74, 6) is -3.74. The number of hydrogen-bond donors (Lipinski definition) is 1. The fourth-order valence-electron chi connectivity index (χ4n) is 8.10. The number of carbonyl (C=O) groups is 3. The van der Waals surface area contributed by atoms with E-state index in [1.807, 2.05) is 20.8 Å². The topological polar surface area (TPSA) is 156 Å². The van der Waals surface area contributed by atoms with Crippen LogP contribution in [-0.4, -0.2) is 49.9 Å². The highest BCUT2D eigenvalue weighted by Gasteiger charge is 2.25. The lowest BCUT2D eigenvalue weighted by molar-refractivity contribution is 0.0513. The predicted molar refractivity (Wildman–Crippen MR) is 252 cm³/mol. The second-order valence-corrected chi connectivity index (χ2v) is 15.1. The van der Waals surface area contributed by atoms with E-state index in [1.165, 1.54) is 86.5 Å². The second-order valence-electron chi connectivity index (χ2n) is 15.1. The van der Waals surface area contributed by atoms with Gasteiger partial charge in [-0.3, -0.25) is 28.1 Å². The predicted octanol–water partition coefficient (Wildman–Crippen LogP) is 9.60. The van der Waals surface area contributed by atoms with Gasteiger partial charge < -0.3 is 14.6 Å². The van der Waals surface area contributed by atoms with Crippen LogP contribution in [-0.2, 0) is 22.3 Å². The number of carboxylic acids is 1. The molecule has 0 aliphatic rings. The minimum absolute atomic E-state index is 0.0309. The van der Waals surface area contributed by atoms with Crippen LogP contribution in [0.1, 0.15) is 109 Å². The maximum Gasteiger partial charge on any atom is 0.344 e. The van der Waals surface area contributed by atoms with Crippen molar-refractivity contribution < 1.29 is 42.1 Å². The van der Waals surface area contributed by atoms with E-state index in [1.54, 1.807) is 54.5 Å². The summed E-state index contributed by atoms with van der Waals surface area (Å²) in [5, 5.41) is 9.30. The first kappa shape index (κ1) is 52.1. The van der Waals surface area contributed by atoms with E-state index in [4.69, 9.17) is 9.47 Å². The van der Waals surface area contributed by atoms with Crippen molar-refractivity contribution in [1.82, 2.24) is 13.7 Å². The number of nitrogens with zero attached hydrogens (tertiary/aromatic N) is 3. The van der Waals surface area contributed by atoms with Gasteiger partial charge in [0.2, 0.25) is 0 Å². The zero-order valence-electron chi connectivity index (χ0n) is 39.2. The van der Waals surface area contributed by atoms with Crippen LogP contribution in [0.15, 0.2) is 93.8 Å². The van der Waals surface area contributed by atoms with Crippen molar-refractivity contribution in [3.05, 3.63) is 195 Å². The molecule has 0 fully saturated rings. The van der Waals surface area contributed by atoms with E-state index < -0.39 is 46.2 Å². The van der Waals surface area contributed by atoms with Gasteiger partial charge >= 0.3 is 17.9 Å². The lowest BCUT2D eigenvalue weighted by atomic mass is 9.99. The number of esters is 2. The van der Waals surface area contributed by atoms with Crippen molar-refractivity contribution in [3.8, 4) is 17.1 Å². The summed E-state index contributed by atoms with van der Waals surface area (Å²) in [5.41, 5.74) is 5.82. The molecule has 0 unspecified atom stereocenters. The minimum Gasteiger partial charge on any atom is -0.477 e. The average molecular weight is 922 g/mol. The van der Waals surface area contributed by atoms with Crippen molar-refractivity contribution in [3.63, 3.8) is 0 Å². The highest BCUT2D eigenvalue weighted by molar-refractivity contribution is 5.92. The van der Waals surface area contributed by atoms with Crippen LogP contribution >= 0.6 is 0 Å². The zero-order chi connectivity index (χ0) is 50.0. The molecule has 3 aromatic carbocycles. The van der Waals surface area contributed by atoms with E-state index in [9.17, 15) is 47.0 Å². The SMILES string of the molecule is C=Cc1c(C)c(C(=O)OCC)c(=O)n(-c2ccc(F)cc2)c1C.CCOC(=O)c1c(C)c(CC)c(C)n(-c2ccc(F)cc2)c1=O.CCc1c(C)c(C(=O)O)c(=O)n(-c2ccc(F)cc2)c1C. The summed E-state index contributed by atoms with van der Waals surface area (Å²) in [7, 11) is 0. The molecule has 352 valence electrons. The van der Waals surface area contributed by atoms with E-state index >= 15 is 0 Å². The van der Waals surface area contributed by atoms with E-state index in [-0.39, 0.29) is 35.7 Å². The number of rotatable bonds is 11. The van der Waals surface area contributed by atoms with E-state index in [2.05, 4.69) is 6.58 Å². The number of aromatic nitrogens is 3. The lowest BCUT2D eigenvalue weighted by Crippen LogP contribution is -2.31. The number of halogens is 3. The smallest absolute Gasteiger partial charge is 0.344 e. The molecule has 6 rings (SSSR count). The van der Waals surface area contributed by atoms with Gasteiger partial charge in [-0.05, 0) is 174 Å². The van der Waals surface area contributed by atoms with Crippen molar-refractivity contribution in [2.45, 2.75) is 82.1 Å². The second kappa shape index (κ2) is 22.6. The Bertz CT molecular complexity index is 3020. The molecule has 0 amide bonds. The van der Waals surface area contributed by atoms with E-state index in [0.29, 0.717) is 63.5 Å². The molecule has 0 atom stereocenters. The van der Waals surface area contributed by atoms with Gasteiger partial charge in [-0.25, -0.2) is 27.6 Å². The van der Waals surface area contributed by atoms with Crippen molar-refractivity contribution in [2.24, 2.45) is 0 Å². The maximum absolute atomic E-state index is 13.2. The third kappa shape index (κ3) is 10.9. The summed E-state index contributed by atoms with van der Waals surface area (Å²) in [6, 6.07) is 16.5. The Morgan fingerprint density at radius 1 is 0.522 bits per heavy atom. The van der Waals surface area contributed by atoms with Crippen molar-refractivity contribution in [2.75, 3.05) is 13.2 Å². The van der Waals surface area contributed by atoms with Gasteiger partial charge in [-0.1, -0.05) is 26.5 Å². The number of aromatic carboxylic acids is 1. The van der Waals surface area contributed by atoms with Crippen LogP contribution in [0.3, 0.4) is 0 Å². The van der Waals surface area contributed by atoms with Gasteiger partial charge in [0, 0.05) is 34.1 Å². The van der Waals surface area contributed by atoms with Gasteiger partial charge in [0.05, 0.1) is 13.2 Å². The minimum atomic E-state index is -1.25. The van der Waals surface area contributed by atoms with Gasteiger partial charge in [0.15, 0.2) is 0 Å². The molecule has 15 heteroatoms. The Labute approximate surface area is 386 Å². The summed E-state index contributed by atoms with van der Waals surface area (Å²) >= 11 is 0. The normalized spacial score (nSPS) is 10.6. The average Bonchev–Trinajstić information content (AvgIpc) is 3.26. The fraction of sp³-hybridized carbons (Fsp3) is 0.269. The summed E-state index contributed by atoms with van der Waals surface area (Å²) in [4.78, 5) is 73.9. The van der Waals surface area contributed by atoms with Crippen molar-refractivity contribution >= 4 is 24.0 Å². The third-order valence-electron chi connectivity index (χ3n) is 11.3. The molecule has 0 spiro atoms. The molecule has 3 aromatic heterocycles. The zero-order valence-corrected chi connectivity index (χ0v) is 39.2. The highest BCUT2D eigenvalue weighted by atomic mass is 19.1. The van der Waals surface area contributed by atoms with Crippen LogP contribution < -0.4 is 16.7 Å².